The molecule has 1 spiro atoms. The molecule has 0 saturated heterocycles. The first-order valence-corrected chi connectivity index (χ1v) is 8.64. The Hall–Kier alpha value is -1.76. The van der Waals surface area contributed by atoms with Crippen LogP contribution in [0.3, 0.4) is 0 Å². The van der Waals surface area contributed by atoms with Crippen molar-refractivity contribution in [2.45, 2.75) is 65.7 Å². The molecule has 1 heterocycles. The van der Waals surface area contributed by atoms with Crippen LogP contribution in [-0.4, -0.2) is 5.78 Å². The lowest BCUT2D eigenvalue weighted by atomic mass is 9.57. The summed E-state index contributed by atoms with van der Waals surface area (Å²) < 4.78 is 5.68. The van der Waals surface area contributed by atoms with E-state index in [-0.39, 0.29) is 17.1 Å². The van der Waals surface area contributed by atoms with Gasteiger partial charge in [0.15, 0.2) is 5.78 Å². The van der Waals surface area contributed by atoms with Crippen LogP contribution in [0.2, 0.25) is 0 Å². The normalized spacial score (nSPS) is 31.7. The summed E-state index contributed by atoms with van der Waals surface area (Å²) in [5, 5.41) is 9.68. The summed E-state index contributed by atoms with van der Waals surface area (Å²) in [5.74, 6) is 1.71. The van der Waals surface area contributed by atoms with Gasteiger partial charge in [-0.05, 0) is 43.4 Å². The Balaban J connectivity index is 2.03. The van der Waals surface area contributed by atoms with E-state index in [0.29, 0.717) is 17.9 Å². The number of fused-ring (bicyclic) bond motifs is 1. The number of carbonyl (C=O) groups excluding carboxylic acids is 1. The van der Waals surface area contributed by atoms with Gasteiger partial charge in [0.2, 0.25) is 5.88 Å². The highest BCUT2D eigenvalue weighted by molar-refractivity contribution is 5.99. The molecule has 0 aromatic heterocycles. The van der Waals surface area contributed by atoms with Gasteiger partial charge >= 0.3 is 0 Å². The zero-order valence-corrected chi connectivity index (χ0v) is 14.4. The largest absolute Gasteiger partial charge is 0.444 e. The molecule has 3 aliphatic rings. The first-order chi connectivity index (χ1) is 10.8. The van der Waals surface area contributed by atoms with Crippen molar-refractivity contribution in [1.82, 2.24) is 0 Å². The monoisotopic (exact) mass is 314 g/mol. The van der Waals surface area contributed by atoms with E-state index < -0.39 is 5.41 Å². The van der Waals surface area contributed by atoms with Crippen LogP contribution in [0.15, 0.2) is 22.8 Å². The molecule has 0 amide bonds. The fourth-order valence-electron chi connectivity index (χ4n) is 4.63. The van der Waals surface area contributed by atoms with Crippen LogP contribution in [0, 0.1) is 28.1 Å². The Morgan fingerprint density at radius 2 is 1.91 bits per heavy atom. The van der Waals surface area contributed by atoms with E-state index in [1.54, 1.807) is 0 Å². The highest BCUT2D eigenvalue weighted by atomic mass is 16.5. The van der Waals surface area contributed by atoms with Gasteiger partial charge in [0.1, 0.15) is 17.4 Å². The quantitative estimate of drug-likeness (QED) is 0.734. The highest BCUT2D eigenvalue weighted by Gasteiger charge is 2.51. The van der Waals surface area contributed by atoms with Crippen molar-refractivity contribution >= 4 is 5.78 Å². The second-order valence-electron chi connectivity index (χ2n) is 8.25. The number of rotatable bonds is 0. The predicted octanol–water partition coefficient (Wildman–Crippen LogP) is 3.94. The number of allylic oxidation sites excluding steroid dienone is 3. The Bertz CT molecular complexity index is 635. The molecule has 4 nitrogen and oxygen atoms in total. The minimum absolute atomic E-state index is 0.153. The van der Waals surface area contributed by atoms with Crippen molar-refractivity contribution < 1.29 is 9.53 Å². The minimum Gasteiger partial charge on any atom is -0.444 e. The number of hydrogen-bond acceptors (Lipinski definition) is 4. The number of hydrogen-bond donors (Lipinski definition) is 1. The lowest BCUT2D eigenvalue weighted by Crippen LogP contribution is -2.42. The molecule has 3 rings (SSSR count). The standard InChI is InChI=1S/C19H26N2O2/c1-18(2,3)12-7-9-19(10-8-12)13(11-20)17(21)23-15-6-4-5-14(22)16(15)19/h12H,4-10,21H2,1-3H3. The second-order valence-corrected chi connectivity index (χ2v) is 8.25. The summed E-state index contributed by atoms with van der Waals surface area (Å²) in [4.78, 5) is 12.6. The summed E-state index contributed by atoms with van der Waals surface area (Å²) in [6.45, 7) is 6.81. The summed E-state index contributed by atoms with van der Waals surface area (Å²) in [6, 6.07) is 2.26. The van der Waals surface area contributed by atoms with Gasteiger partial charge in [0.25, 0.3) is 0 Å². The number of ketones is 1. The molecule has 1 saturated carbocycles. The van der Waals surface area contributed by atoms with Crippen molar-refractivity contribution in [3.05, 3.63) is 22.8 Å². The van der Waals surface area contributed by atoms with Crippen LogP contribution < -0.4 is 5.73 Å². The zero-order chi connectivity index (χ0) is 16.8. The molecular formula is C19H26N2O2. The third-order valence-electron chi connectivity index (χ3n) is 5.98. The van der Waals surface area contributed by atoms with Crippen molar-refractivity contribution in [3.8, 4) is 6.07 Å². The molecule has 1 fully saturated rings. The van der Waals surface area contributed by atoms with Crippen molar-refractivity contribution in [2.75, 3.05) is 0 Å². The molecule has 0 atom stereocenters. The molecule has 2 N–H and O–H groups in total. The number of ether oxygens (including phenoxy) is 1. The molecule has 4 heteroatoms. The first-order valence-electron chi connectivity index (χ1n) is 8.64. The summed E-state index contributed by atoms with van der Waals surface area (Å²) in [7, 11) is 0. The third kappa shape index (κ3) is 2.47. The SMILES string of the molecule is CC(C)(C)C1CCC2(CC1)C(C#N)=C(N)OC1=C2C(=O)CCC1. The molecule has 0 unspecified atom stereocenters. The van der Waals surface area contributed by atoms with Crippen LogP contribution in [0.25, 0.3) is 0 Å². The maximum Gasteiger partial charge on any atom is 0.205 e. The van der Waals surface area contributed by atoms with Crippen LogP contribution >= 0.6 is 0 Å². The van der Waals surface area contributed by atoms with Crippen molar-refractivity contribution in [1.29, 1.82) is 5.26 Å². The van der Waals surface area contributed by atoms with Gasteiger partial charge in [-0.3, -0.25) is 4.79 Å². The Morgan fingerprint density at radius 1 is 1.26 bits per heavy atom. The molecule has 23 heavy (non-hydrogen) atoms. The van der Waals surface area contributed by atoms with E-state index >= 15 is 0 Å². The molecule has 1 aliphatic heterocycles. The lowest BCUT2D eigenvalue weighted by Gasteiger charge is -2.47. The van der Waals surface area contributed by atoms with Crippen LogP contribution in [-0.2, 0) is 9.53 Å². The summed E-state index contributed by atoms with van der Waals surface area (Å²) in [5.41, 5.74) is 7.07. The maximum absolute atomic E-state index is 12.6. The van der Waals surface area contributed by atoms with Crippen molar-refractivity contribution in [2.24, 2.45) is 22.5 Å². The Labute approximate surface area is 138 Å². The fraction of sp³-hybridized carbons (Fsp3) is 0.684. The average Bonchev–Trinajstić information content (AvgIpc) is 2.46. The average molecular weight is 314 g/mol. The van der Waals surface area contributed by atoms with Gasteiger partial charge in [-0.1, -0.05) is 20.8 Å². The molecule has 2 aliphatic carbocycles. The van der Waals surface area contributed by atoms with E-state index in [1.165, 1.54) is 0 Å². The number of nitrogens with zero attached hydrogens (tertiary/aromatic N) is 1. The van der Waals surface area contributed by atoms with Crippen LogP contribution in [0.4, 0.5) is 0 Å². The second kappa shape index (κ2) is 5.40. The van der Waals surface area contributed by atoms with E-state index in [1.807, 2.05) is 0 Å². The number of Topliss-reactive ketones (excluding diaryl/α,β-unsaturated/α-hetero) is 1. The smallest absolute Gasteiger partial charge is 0.205 e. The molecule has 0 bridgehead atoms. The first kappa shape index (κ1) is 16.1. The molecule has 0 aromatic carbocycles. The number of carbonyl (C=O) groups is 1. The number of nitriles is 1. The predicted molar refractivity (Wildman–Crippen MR) is 87.6 cm³/mol. The lowest BCUT2D eigenvalue weighted by molar-refractivity contribution is -0.118. The maximum atomic E-state index is 12.6. The zero-order valence-electron chi connectivity index (χ0n) is 14.4. The Kier molecular flexibility index (Phi) is 3.78. The van der Waals surface area contributed by atoms with E-state index in [9.17, 15) is 10.1 Å². The minimum atomic E-state index is -0.494. The van der Waals surface area contributed by atoms with Gasteiger partial charge < -0.3 is 10.5 Å². The van der Waals surface area contributed by atoms with Gasteiger partial charge in [0.05, 0.1) is 0 Å². The summed E-state index contributed by atoms with van der Waals surface area (Å²) in [6.07, 6.45) is 5.82. The highest BCUT2D eigenvalue weighted by Crippen LogP contribution is 2.57. The number of nitrogens with two attached hydrogens (primary N) is 1. The van der Waals surface area contributed by atoms with Gasteiger partial charge in [-0.2, -0.15) is 5.26 Å². The van der Waals surface area contributed by atoms with Gasteiger partial charge in [-0.15, -0.1) is 0 Å². The van der Waals surface area contributed by atoms with E-state index in [0.717, 1.165) is 49.9 Å². The topological polar surface area (TPSA) is 76.1 Å². The molecule has 0 radical (unpaired) electrons. The van der Waals surface area contributed by atoms with E-state index in [4.69, 9.17) is 10.5 Å². The molecular weight excluding hydrogens is 288 g/mol. The van der Waals surface area contributed by atoms with Crippen molar-refractivity contribution in [3.63, 3.8) is 0 Å². The third-order valence-corrected chi connectivity index (χ3v) is 5.98. The van der Waals surface area contributed by atoms with Crippen LogP contribution in [0.5, 0.6) is 0 Å². The summed E-state index contributed by atoms with van der Waals surface area (Å²) >= 11 is 0. The van der Waals surface area contributed by atoms with Gasteiger partial charge in [-0.25, -0.2) is 0 Å². The fourth-order valence-corrected chi connectivity index (χ4v) is 4.63. The molecule has 0 aromatic rings. The Morgan fingerprint density at radius 3 is 2.48 bits per heavy atom. The van der Waals surface area contributed by atoms with Crippen LogP contribution in [0.1, 0.15) is 65.7 Å². The molecule has 124 valence electrons. The van der Waals surface area contributed by atoms with Gasteiger partial charge in [0, 0.05) is 23.8 Å². The van der Waals surface area contributed by atoms with E-state index in [2.05, 4.69) is 26.8 Å².